The van der Waals surface area contributed by atoms with Gasteiger partial charge in [0, 0.05) is 24.0 Å². The maximum atomic E-state index is 12.2. The third-order valence-corrected chi connectivity index (χ3v) is 4.67. The van der Waals surface area contributed by atoms with E-state index < -0.39 is 5.97 Å². The molecule has 0 bridgehead atoms. The summed E-state index contributed by atoms with van der Waals surface area (Å²) in [6.07, 6.45) is 12.9. The molecule has 0 aliphatic heterocycles. The molecular formula is C20H24Cl2N2O3. The van der Waals surface area contributed by atoms with Gasteiger partial charge in [-0.1, -0.05) is 61.0 Å². The lowest BCUT2D eigenvalue weighted by Crippen LogP contribution is -2.15. The Morgan fingerprint density at radius 1 is 1.19 bits per heavy atom. The molecule has 1 unspecified atom stereocenters. The summed E-state index contributed by atoms with van der Waals surface area (Å²) in [4.78, 5) is 16.1. The first kappa shape index (κ1) is 21.5. The zero-order valence-electron chi connectivity index (χ0n) is 15.6. The second-order valence-electron chi connectivity index (χ2n) is 6.38. The zero-order valence-corrected chi connectivity index (χ0v) is 17.1. The van der Waals surface area contributed by atoms with Crippen molar-refractivity contribution in [1.82, 2.24) is 10.1 Å². The highest BCUT2D eigenvalue weighted by atomic mass is 35.5. The molecular weight excluding hydrogens is 387 g/mol. The van der Waals surface area contributed by atoms with Crippen LogP contribution < -0.4 is 0 Å². The number of carbonyl (C=O) groups excluding carboxylic acids is 1. The van der Waals surface area contributed by atoms with Crippen LogP contribution in [0.2, 0.25) is 10.0 Å². The van der Waals surface area contributed by atoms with Crippen LogP contribution in [0.15, 0.2) is 23.0 Å². The maximum Gasteiger partial charge on any atom is 0.360 e. The Hall–Kier alpha value is -1.85. The van der Waals surface area contributed by atoms with E-state index in [-0.39, 0.29) is 11.8 Å². The molecule has 5 nitrogen and oxygen atoms in total. The van der Waals surface area contributed by atoms with Crippen molar-refractivity contribution in [3.8, 4) is 0 Å². The number of carbonyl (C=O) groups is 1. The summed E-state index contributed by atoms with van der Waals surface area (Å²) >= 11 is 12.1. The molecule has 0 aromatic carbocycles. The van der Waals surface area contributed by atoms with Gasteiger partial charge in [-0.3, -0.25) is 4.98 Å². The minimum atomic E-state index is -0.487. The van der Waals surface area contributed by atoms with Crippen molar-refractivity contribution in [3.05, 3.63) is 45.5 Å². The van der Waals surface area contributed by atoms with E-state index in [2.05, 4.69) is 17.1 Å². The minimum absolute atomic E-state index is 0.138. The average molecular weight is 411 g/mol. The highest BCUT2D eigenvalue weighted by Gasteiger charge is 2.16. The van der Waals surface area contributed by atoms with Crippen LogP contribution in [0, 0.1) is 0 Å². The maximum absolute atomic E-state index is 12.2. The van der Waals surface area contributed by atoms with E-state index in [0.717, 1.165) is 19.3 Å². The van der Waals surface area contributed by atoms with Gasteiger partial charge >= 0.3 is 5.97 Å². The highest BCUT2D eigenvalue weighted by molar-refractivity contribution is 6.37. The standard InChI is InChI=1S/C20H24Cl2N2O3/c1-3-4-5-6-7-8-14(2)26-20(25)19-11-15(27-24-19)9-10-16-17(21)12-23-13-18(16)22/h9-14H,3-8H2,1-2H3/b10-9+. The summed E-state index contributed by atoms with van der Waals surface area (Å²) in [6.45, 7) is 4.08. The van der Waals surface area contributed by atoms with Crippen LogP contribution in [0.5, 0.6) is 0 Å². The van der Waals surface area contributed by atoms with Crippen LogP contribution in [-0.2, 0) is 4.74 Å². The van der Waals surface area contributed by atoms with Gasteiger partial charge in [0.1, 0.15) is 0 Å². The fraction of sp³-hybridized carbons (Fsp3) is 0.450. The van der Waals surface area contributed by atoms with E-state index in [0.29, 0.717) is 21.4 Å². The summed E-state index contributed by atoms with van der Waals surface area (Å²) in [5.74, 6) is -0.0856. The molecule has 2 rings (SSSR count). The van der Waals surface area contributed by atoms with Crippen LogP contribution in [0.1, 0.15) is 74.2 Å². The molecule has 0 spiro atoms. The quantitative estimate of drug-likeness (QED) is 0.332. The lowest BCUT2D eigenvalue weighted by atomic mass is 10.1. The molecule has 2 aromatic rings. The van der Waals surface area contributed by atoms with E-state index in [9.17, 15) is 4.79 Å². The summed E-state index contributed by atoms with van der Waals surface area (Å²) in [5, 5.41) is 4.61. The molecule has 0 amide bonds. The molecule has 2 aromatic heterocycles. The van der Waals surface area contributed by atoms with E-state index in [1.54, 1.807) is 12.2 Å². The van der Waals surface area contributed by atoms with Crippen molar-refractivity contribution in [2.45, 2.75) is 58.5 Å². The second-order valence-corrected chi connectivity index (χ2v) is 7.20. The Morgan fingerprint density at radius 3 is 2.59 bits per heavy atom. The van der Waals surface area contributed by atoms with E-state index in [1.165, 1.54) is 37.7 Å². The molecule has 146 valence electrons. The Labute approximate surface area is 169 Å². The lowest BCUT2D eigenvalue weighted by Gasteiger charge is -2.11. The number of unbranched alkanes of at least 4 members (excludes halogenated alkanes) is 4. The Balaban J connectivity index is 1.87. The smallest absolute Gasteiger partial charge is 0.360 e. The van der Waals surface area contributed by atoms with E-state index >= 15 is 0 Å². The van der Waals surface area contributed by atoms with Crippen molar-refractivity contribution in [2.24, 2.45) is 0 Å². The summed E-state index contributed by atoms with van der Waals surface area (Å²) < 4.78 is 10.6. The second kappa shape index (κ2) is 11.1. The van der Waals surface area contributed by atoms with Crippen molar-refractivity contribution >= 4 is 41.3 Å². The van der Waals surface area contributed by atoms with Gasteiger partial charge in [-0.25, -0.2) is 4.79 Å². The van der Waals surface area contributed by atoms with Crippen molar-refractivity contribution in [3.63, 3.8) is 0 Å². The first-order chi connectivity index (χ1) is 13.0. The molecule has 0 saturated heterocycles. The number of nitrogens with zero attached hydrogens (tertiary/aromatic N) is 2. The fourth-order valence-corrected chi connectivity index (χ4v) is 3.04. The number of rotatable bonds is 10. The fourth-order valence-electron chi connectivity index (χ4n) is 2.55. The summed E-state index contributed by atoms with van der Waals surface area (Å²) in [6, 6.07) is 1.52. The van der Waals surface area contributed by atoms with Gasteiger partial charge < -0.3 is 9.26 Å². The van der Waals surface area contributed by atoms with Gasteiger partial charge in [-0.2, -0.15) is 0 Å². The Morgan fingerprint density at radius 2 is 1.89 bits per heavy atom. The molecule has 7 heteroatoms. The van der Waals surface area contributed by atoms with E-state index in [1.807, 2.05) is 6.92 Å². The first-order valence-electron chi connectivity index (χ1n) is 9.16. The normalized spacial score (nSPS) is 12.4. The van der Waals surface area contributed by atoms with Crippen LogP contribution >= 0.6 is 23.2 Å². The van der Waals surface area contributed by atoms with E-state index in [4.69, 9.17) is 32.5 Å². The topological polar surface area (TPSA) is 65.2 Å². The average Bonchev–Trinajstić information content (AvgIpc) is 3.10. The number of hydrogen-bond acceptors (Lipinski definition) is 5. The van der Waals surface area contributed by atoms with Crippen molar-refractivity contribution in [1.29, 1.82) is 0 Å². The largest absolute Gasteiger partial charge is 0.458 e. The van der Waals surface area contributed by atoms with Gasteiger partial charge in [-0.15, -0.1) is 0 Å². The monoisotopic (exact) mass is 410 g/mol. The van der Waals surface area contributed by atoms with Gasteiger partial charge in [-0.05, 0) is 31.9 Å². The molecule has 0 aliphatic carbocycles. The number of ether oxygens (including phenoxy) is 1. The van der Waals surface area contributed by atoms with Crippen LogP contribution in [0.25, 0.3) is 12.2 Å². The van der Waals surface area contributed by atoms with Crippen LogP contribution in [-0.4, -0.2) is 22.2 Å². The number of halogens is 2. The third kappa shape index (κ3) is 7.00. The molecule has 27 heavy (non-hydrogen) atoms. The van der Waals surface area contributed by atoms with Gasteiger partial charge in [0.15, 0.2) is 11.5 Å². The Bertz CT molecular complexity index is 754. The van der Waals surface area contributed by atoms with Gasteiger partial charge in [0.25, 0.3) is 0 Å². The van der Waals surface area contributed by atoms with Crippen LogP contribution in [0.3, 0.4) is 0 Å². The number of hydrogen-bond donors (Lipinski definition) is 0. The number of esters is 1. The first-order valence-corrected chi connectivity index (χ1v) is 9.91. The molecule has 2 heterocycles. The molecule has 0 N–H and O–H groups in total. The number of aromatic nitrogens is 2. The minimum Gasteiger partial charge on any atom is -0.458 e. The molecule has 1 atom stereocenters. The van der Waals surface area contributed by atoms with Crippen LogP contribution in [0.4, 0.5) is 0 Å². The predicted octanol–water partition coefficient (Wildman–Crippen LogP) is 6.45. The molecule has 0 fully saturated rings. The molecule has 0 radical (unpaired) electrons. The third-order valence-electron chi connectivity index (χ3n) is 4.06. The van der Waals surface area contributed by atoms with Gasteiger partial charge in [0.2, 0.25) is 0 Å². The van der Waals surface area contributed by atoms with Gasteiger partial charge in [0.05, 0.1) is 16.1 Å². The van der Waals surface area contributed by atoms with Crippen molar-refractivity contribution < 1.29 is 14.1 Å². The SMILES string of the molecule is CCCCCCCC(C)OC(=O)c1cc(/C=C/c2c(Cl)cncc2Cl)on1. The highest BCUT2D eigenvalue weighted by Crippen LogP contribution is 2.25. The summed E-state index contributed by atoms with van der Waals surface area (Å²) in [5.41, 5.74) is 0.755. The Kier molecular flexibility index (Phi) is 8.82. The lowest BCUT2D eigenvalue weighted by molar-refractivity contribution is 0.0308. The van der Waals surface area contributed by atoms with Crippen molar-refractivity contribution in [2.75, 3.05) is 0 Å². The molecule has 0 aliphatic rings. The predicted molar refractivity (Wildman–Crippen MR) is 108 cm³/mol. The molecule has 0 saturated carbocycles. The zero-order chi connectivity index (χ0) is 19.6. The summed E-state index contributed by atoms with van der Waals surface area (Å²) in [7, 11) is 0. The number of pyridine rings is 1.